The van der Waals surface area contributed by atoms with E-state index >= 15 is 0 Å². The summed E-state index contributed by atoms with van der Waals surface area (Å²) in [5.41, 5.74) is 12.3. The third-order valence-electron chi connectivity index (χ3n) is 2.04. The fourth-order valence-electron chi connectivity index (χ4n) is 1.07. The number of nitrogens with two attached hydrogens (primary N) is 2. The molecule has 4 heteroatoms. The molecule has 13 heavy (non-hydrogen) atoms. The Bertz CT molecular complexity index is 277. The van der Waals surface area contributed by atoms with Gasteiger partial charge in [0.05, 0.1) is 11.6 Å². The van der Waals surface area contributed by atoms with Crippen LogP contribution in [0.15, 0.2) is 16.7 Å². The minimum absolute atomic E-state index is 0.0890. The van der Waals surface area contributed by atoms with Gasteiger partial charge in [-0.05, 0) is 6.07 Å². The highest BCUT2D eigenvalue weighted by atomic mass is 28.3. The highest BCUT2D eigenvalue weighted by Gasteiger charge is 2.21. The van der Waals surface area contributed by atoms with E-state index in [1.54, 1.807) is 6.26 Å². The van der Waals surface area contributed by atoms with Crippen LogP contribution in [0.25, 0.3) is 0 Å². The van der Waals surface area contributed by atoms with Crippen LogP contribution in [0.1, 0.15) is 11.6 Å². The van der Waals surface area contributed by atoms with E-state index in [0.717, 1.165) is 10.9 Å². The Hall–Kier alpha value is -0.583. The van der Waals surface area contributed by atoms with Crippen molar-refractivity contribution in [3.05, 3.63) is 17.9 Å². The third kappa shape index (κ3) is 2.43. The molecule has 1 aromatic heterocycles. The second-order valence-electron chi connectivity index (χ2n) is 4.34. The van der Waals surface area contributed by atoms with E-state index in [4.69, 9.17) is 15.9 Å². The first-order valence-electron chi connectivity index (χ1n) is 4.49. The topological polar surface area (TPSA) is 65.2 Å². The number of hydrogen-bond donors (Lipinski definition) is 2. The molecule has 0 aliphatic carbocycles. The van der Waals surface area contributed by atoms with Gasteiger partial charge in [0, 0.05) is 18.2 Å². The van der Waals surface area contributed by atoms with Crippen LogP contribution in [0.3, 0.4) is 0 Å². The largest absolute Gasteiger partial charge is 0.474 e. The molecule has 1 atom stereocenters. The van der Waals surface area contributed by atoms with E-state index in [0.29, 0.717) is 6.54 Å². The van der Waals surface area contributed by atoms with Crippen molar-refractivity contribution in [1.82, 2.24) is 0 Å². The van der Waals surface area contributed by atoms with Gasteiger partial charge in [-0.25, -0.2) is 0 Å². The van der Waals surface area contributed by atoms with Gasteiger partial charge in [0.2, 0.25) is 0 Å². The van der Waals surface area contributed by atoms with Gasteiger partial charge < -0.3 is 15.9 Å². The Morgan fingerprint density at radius 3 is 2.46 bits per heavy atom. The molecule has 0 amide bonds. The first kappa shape index (κ1) is 10.5. The van der Waals surface area contributed by atoms with Gasteiger partial charge in [-0.3, -0.25) is 0 Å². The van der Waals surface area contributed by atoms with Gasteiger partial charge in [0.15, 0.2) is 0 Å². The van der Waals surface area contributed by atoms with Gasteiger partial charge in [-0.2, -0.15) is 0 Å². The Balaban J connectivity index is 2.87. The summed E-state index contributed by atoms with van der Waals surface area (Å²) >= 11 is 0. The van der Waals surface area contributed by atoms with E-state index in [1.165, 1.54) is 0 Å². The Morgan fingerprint density at radius 2 is 2.08 bits per heavy atom. The summed E-state index contributed by atoms with van der Waals surface area (Å²) in [5.74, 6) is 0. The summed E-state index contributed by atoms with van der Waals surface area (Å²) in [6.45, 7) is 7.18. The van der Waals surface area contributed by atoms with E-state index in [-0.39, 0.29) is 6.04 Å². The van der Waals surface area contributed by atoms with Gasteiger partial charge in [0.1, 0.15) is 8.07 Å². The summed E-state index contributed by atoms with van der Waals surface area (Å²) < 4.78 is 5.48. The first-order valence-corrected chi connectivity index (χ1v) is 7.99. The normalized spacial score (nSPS) is 14.5. The van der Waals surface area contributed by atoms with Crippen molar-refractivity contribution in [2.75, 3.05) is 6.54 Å². The molecule has 0 fully saturated rings. The molecule has 0 spiro atoms. The quantitative estimate of drug-likeness (QED) is 0.706. The van der Waals surface area contributed by atoms with Crippen molar-refractivity contribution in [2.24, 2.45) is 11.5 Å². The molecule has 1 aromatic rings. The van der Waals surface area contributed by atoms with Gasteiger partial charge in [-0.1, -0.05) is 19.6 Å². The fourth-order valence-corrected chi connectivity index (χ4v) is 2.09. The van der Waals surface area contributed by atoms with Crippen molar-refractivity contribution >= 4 is 13.5 Å². The third-order valence-corrected chi connectivity index (χ3v) is 3.78. The first-order chi connectivity index (χ1) is 5.95. The molecule has 1 unspecified atom stereocenters. The molecule has 74 valence electrons. The monoisotopic (exact) mass is 198 g/mol. The van der Waals surface area contributed by atoms with Crippen molar-refractivity contribution in [3.63, 3.8) is 0 Å². The minimum atomic E-state index is -1.33. The summed E-state index contributed by atoms with van der Waals surface area (Å²) in [4.78, 5) is 0. The molecular formula is C9H18N2OSi. The summed E-state index contributed by atoms with van der Waals surface area (Å²) in [5, 5.41) is 1.09. The van der Waals surface area contributed by atoms with Crippen molar-refractivity contribution < 1.29 is 4.42 Å². The minimum Gasteiger partial charge on any atom is -0.474 e. The zero-order valence-corrected chi connectivity index (χ0v) is 9.50. The smallest absolute Gasteiger partial charge is 0.123 e. The second kappa shape index (κ2) is 3.65. The Labute approximate surface area is 80.1 Å². The number of rotatable bonds is 3. The average Bonchev–Trinajstić information content (AvgIpc) is 2.50. The molecule has 0 aliphatic heterocycles. The van der Waals surface area contributed by atoms with E-state index in [9.17, 15) is 0 Å². The zero-order chi connectivity index (χ0) is 10.1. The molecule has 3 nitrogen and oxygen atoms in total. The van der Waals surface area contributed by atoms with Crippen LogP contribution >= 0.6 is 0 Å². The van der Waals surface area contributed by atoms with Crippen LogP contribution in [0.5, 0.6) is 0 Å². The summed E-state index contributed by atoms with van der Waals surface area (Å²) in [7, 11) is -1.33. The average molecular weight is 198 g/mol. The predicted octanol–water partition coefficient (Wildman–Crippen LogP) is 0.783. The molecule has 1 heterocycles. The maximum absolute atomic E-state index is 5.78. The van der Waals surface area contributed by atoms with Crippen LogP contribution in [-0.4, -0.2) is 14.6 Å². The molecule has 0 bridgehead atoms. The summed E-state index contributed by atoms with van der Waals surface area (Å²) in [6, 6.07) is 1.96. The van der Waals surface area contributed by atoms with Gasteiger partial charge in [0.25, 0.3) is 0 Å². The Kier molecular flexibility index (Phi) is 2.95. The van der Waals surface area contributed by atoms with Crippen molar-refractivity contribution in [2.45, 2.75) is 25.7 Å². The van der Waals surface area contributed by atoms with E-state index < -0.39 is 8.07 Å². The second-order valence-corrected chi connectivity index (χ2v) is 9.33. The van der Waals surface area contributed by atoms with Crippen LogP contribution in [0.2, 0.25) is 19.6 Å². The lowest BCUT2D eigenvalue weighted by Gasteiger charge is -2.10. The van der Waals surface area contributed by atoms with Crippen LogP contribution in [0, 0.1) is 0 Å². The van der Waals surface area contributed by atoms with E-state index in [1.807, 2.05) is 6.07 Å². The molecule has 0 saturated carbocycles. The van der Waals surface area contributed by atoms with Crippen LogP contribution in [0.4, 0.5) is 0 Å². The fraction of sp³-hybridized carbons (Fsp3) is 0.556. The lowest BCUT2D eigenvalue weighted by Crippen LogP contribution is -2.36. The highest BCUT2D eigenvalue weighted by Crippen LogP contribution is 2.11. The molecule has 0 aromatic carbocycles. The van der Waals surface area contributed by atoms with Crippen molar-refractivity contribution in [1.29, 1.82) is 0 Å². The van der Waals surface area contributed by atoms with Crippen LogP contribution in [-0.2, 0) is 0 Å². The SMILES string of the molecule is C[Si](C)(C)c1cc(C(N)CN)co1. The number of hydrogen-bond acceptors (Lipinski definition) is 3. The molecule has 0 saturated heterocycles. The molecule has 0 aliphatic rings. The molecule has 1 rings (SSSR count). The highest BCUT2D eigenvalue weighted by molar-refractivity contribution is 6.87. The number of furan rings is 1. The molecular weight excluding hydrogens is 180 g/mol. The van der Waals surface area contributed by atoms with Gasteiger partial charge >= 0.3 is 0 Å². The maximum atomic E-state index is 5.78. The van der Waals surface area contributed by atoms with Crippen molar-refractivity contribution in [3.8, 4) is 0 Å². The lowest BCUT2D eigenvalue weighted by atomic mass is 10.2. The Morgan fingerprint density at radius 1 is 1.46 bits per heavy atom. The molecule has 4 N–H and O–H groups in total. The van der Waals surface area contributed by atoms with Crippen LogP contribution < -0.4 is 16.9 Å². The standard InChI is InChI=1S/C9H18N2OSi/c1-13(2,3)9-4-7(6-12-9)8(11)5-10/h4,6,8H,5,10-11H2,1-3H3. The lowest BCUT2D eigenvalue weighted by molar-refractivity contribution is 0.586. The van der Waals surface area contributed by atoms with E-state index in [2.05, 4.69) is 19.6 Å². The van der Waals surface area contributed by atoms with Gasteiger partial charge in [-0.15, -0.1) is 0 Å². The summed E-state index contributed by atoms with van der Waals surface area (Å²) in [6.07, 6.45) is 1.73. The maximum Gasteiger partial charge on any atom is 0.123 e. The predicted molar refractivity (Wildman–Crippen MR) is 57.7 cm³/mol. The molecule has 0 radical (unpaired) electrons. The zero-order valence-electron chi connectivity index (χ0n) is 8.50.